The quantitative estimate of drug-likeness (QED) is 0.757. The van der Waals surface area contributed by atoms with Crippen molar-refractivity contribution in [2.24, 2.45) is 0 Å². The van der Waals surface area contributed by atoms with Crippen LogP contribution in [-0.2, 0) is 0 Å². The molecule has 0 bridgehead atoms. The average Bonchev–Trinajstić information content (AvgIpc) is 3.09. The van der Waals surface area contributed by atoms with E-state index >= 15 is 0 Å². The lowest BCUT2D eigenvalue weighted by Gasteiger charge is -2.10. The number of carboxylic acids is 1. The van der Waals surface area contributed by atoms with Gasteiger partial charge in [0.25, 0.3) is 5.91 Å². The lowest BCUT2D eigenvalue weighted by molar-refractivity contribution is 0.0696. The Balaban J connectivity index is 1.89. The summed E-state index contributed by atoms with van der Waals surface area (Å²) in [6.45, 7) is 0. The van der Waals surface area contributed by atoms with Gasteiger partial charge in [0, 0.05) is 6.20 Å². The Morgan fingerprint density at radius 1 is 1.17 bits per heavy atom. The van der Waals surface area contributed by atoms with Crippen LogP contribution in [0.3, 0.4) is 0 Å². The van der Waals surface area contributed by atoms with Crippen LogP contribution in [0.4, 0.5) is 5.69 Å². The van der Waals surface area contributed by atoms with Gasteiger partial charge in [0.05, 0.1) is 16.9 Å². The number of amides is 1. The van der Waals surface area contributed by atoms with E-state index in [2.05, 4.69) is 20.4 Å². The Bertz CT molecular complexity index is 861. The Morgan fingerprint density at radius 3 is 2.74 bits per heavy atom. The lowest BCUT2D eigenvalue weighted by Crippen LogP contribution is -2.16. The van der Waals surface area contributed by atoms with E-state index in [9.17, 15) is 9.59 Å². The molecule has 23 heavy (non-hydrogen) atoms. The van der Waals surface area contributed by atoms with Crippen molar-refractivity contribution < 1.29 is 14.7 Å². The molecule has 2 N–H and O–H groups in total. The van der Waals surface area contributed by atoms with Crippen molar-refractivity contribution in [2.75, 3.05) is 5.32 Å². The molecular formula is C15H11N5O3. The van der Waals surface area contributed by atoms with E-state index in [1.165, 1.54) is 35.7 Å². The van der Waals surface area contributed by atoms with Gasteiger partial charge in [-0.2, -0.15) is 5.10 Å². The third-order valence-electron chi connectivity index (χ3n) is 3.06. The van der Waals surface area contributed by atoms with Crippen LogP contribution in [0.25, 0.3) is 5.69 Å². The van der Waals surface area contributed by atoms with Crippen molar-refractivity contribution in [3.05, 3.63) is 66.5 Å². The molecule has 0 saturated carbocycles. The summed E-state index contributed by atoms with van der Waals surface area (Å²) < 4.78 is 1.51. The highest BCUT2D eigenvalue weighted by atomic mass is 16.4. The minimum Gasteiger partial charge on any atom is -0.478 e. The Hall–Kier alpha value is -3.55. The fraction of sp³-hybridized carbons (Fsp3) is 0. The molecule has 0 aliphatic heterocycles. The maximum Gasteiger partial charge on any atom is 0.335 e. The SMILES string of the molecule is O=C(O)c1ccnc(C(=O)Nc2ccccc2-n2cncn2)c1. The molecule has 8 nitrogen and oxygen atoms in total. The van der Waals surface area contributed by atoms with Gasteiger partial charge in [0.2, 0.25) is 0 Å². The first-order chi connectivity index (χ1) is 11.1. The van der Waals surface area contributed by atoms with Gasteiger partial charge in [-0.3, -0.25) is 9.78 Å². The molecule has 0 aliphatic carbocycles. The molecule has 0 atom stereocenters. The Morgan fingerprint density at radius 2 is 2.00 bits per heavy atom. The molecule has 1 amide bonds. The molecule has 2 aromatic heterocycles. The molecule has 0 saturated heterocycles. The predicted octanol–water partition coefficient (Wildman–Crippen LogP) is 1.61. The average molecular weight is 309 g/mol. The minimum absolute atomic E-state index is 0.00490. The molecule has 2 heterocycles. The smallest absolute Gasteiger partial charge is 0.335 e. The fourth-order valence-electron chi connectivity index (χ4n) is 1.99. The maximum absolute atomic E-state index is 12.3. The summed E-state index contributed by atoms with van der Waals surface area (Å²) in [5, 5.41) is 15.7. The predicted molar refractivity (Wildman–Crippen MR) is 80.5 cm³/mol. The van der Waals surface area contributed by atoms with Gasteiger partial charge in [-0.25, -0.2) is 14.5 Å². The molecule has 0 spiro atoms. The molecule has 0 unspecified atom stereocenters. The van der Waals surface area contributed by atoms with Gasteiger partial charge < -0.3 is 10.4 Å². The molecule has 114 valence electrons. The number of pyridine rings is 1. The van der Waals surface area contributed by atoms with Gasteiger partial charge in [-0.15, -0.1) is 0 Å². The number of carboxylic acid groups (broad SMARTS) is 1. The molecule has 3 rings (SSSR count). The highest BCUT2D eigenvalue weighted by molar-refractivity contribution is 6.05. The van der Waals surface area contributed by atoms with Gasteiger partial charge in [0.15, 0.2) is 0 Å². The minimum atomic E-state index is -1.12. The molecule has 0 aliphatic rings. The first-order valence-corrected chi connectivity index (χ1v) is 6.60. The van der Waals surface area contributed by atoms with E-state index in [0.717, 1.165) is 0 Å². The number of aromatic carboxylic acids is 1. The van der Waals surface area contributed by atoms with E-state index in [-0.39, 0.29) is 11.3 Å². The number of carbonyl (C=O) groups is 2. The Labute approximate surface area is 130 Å². The lowest BCUT2D eigenvalue weighted by atomic mass is 10.2. The van der Waals surface area contributed by atoms with E-state index in [0.29, 0.717) is 11.4 Å². The van der Waals surface area contributed by atoms with E-state index in [1.807, 2.05) is 0 Å². The number of para-hydroxylation sites is 2. The first kappa shape index (κ1) is 14.4. The fourth-order valence-corrected chi connectivity index (χ4v) is 1.99. The van der Waals surface area contributed by atoms with E-state index in [1.54, 1.807) is 24.3 Å². The zero-order valence-electron chi connectivity index (χ0n) is 11.7. The maximum atomic E-state index is 12.3. The number of hydrogen-bond acceptors (Lipinski definition) is 5. The largest absolute Gasteiger partial charge is 0.478 e. The van der Waals surface area contributed by atoms with Gasteiger partial charge in [0.1, 0.15) is 18.3 Å². The number of anilines is 1. The number of hydrogen-bond donors (Lipinski definition) is 2. The van der Waals surface area contributed by atoms with Crippen LogP contribution in [0.15, 0.2) is 55.2 Å². The molecule has 3 aromatic rings. The van der Waals surface area contributed by atoms with Crippen molar-refractivity contribution >= 4 is 17.6 Å². The highest BCUT2D eigenvalue weighted by Gasteiger charge is 2.13. The second kappa shape index (κ2) is 6.06. The standard InChI is InChI=1S/C15H11N5O3/c21-14(12-7-10(15(22)23)5-6-17-12)19-11-3-1-2-4-13(11)20-9-16-8-18-20/h1-9H,(H,19,21)(H,22,23). The zero-order chi connectivity index (χ0) is 16.2. The first-order valence-electron chi connectivity index (χ1n) is 6.60. The Kier molecular flexibility index (Phi) is 3.79. The van der Waals surface area contributed by atoms with Crippen LogP contribution in [0.2, 0.25) is 0 Å². The van der Waals surface area contributed by atoms with Gasteiger partial charge >= 0.3 is 5.97 Å². The second-order valence-corrected chi connectivity index (χ2v) is 4.55. The number of carbonyl (C=O) groups excluding carboxylic acids is 1. The zero-order valence-corrected chi connectivity index (χ0v) is 11.7. The van der Waals surface area contributed by atoms with Gasteiger partial charge in [-0.1, -0.05) is 12.1 Å². The third kappa shape index (κ3) is 3.05. The number of aromatic nitrogens is 4. The summed E-state index contributed by atoms with van der Waals surface area (Å²) in [6, 6.07) is 9.58. The van der Waals surface area contributed by atoms with Gasteiger partial charge in [-0.05, 0) is 24.3 Å². The molecular weight excluding hydrogens is 298 g/mol. The van der Waals surface area contributed by atoms with E-state index < -0.39 is 11.9 Å². The number of benzene rings is 1. The number of nitrogens with zero attached hydrogens (tertiary/aromatic N) is 4. The summed E-state index contributed by atoms with van der Waals surface area (Å²) in [5.41, 5.74) is 1.14. The second-order valence-electron chi connectivity index (χ2n) is 4.55. The normalized spacial score (nSPS) is 10.3. The highest BCUT2D eigenvalue weighted by Crippen LogP contribution is 2.19. The summed E-state index contributed by atoms with van der Waals surface area (Å²) >= 11 is 0. The van der Waals surface area contributed by atoms with Crippen molar-refractivity contribution in [2.45, 2.75) is 0 Å². The summed E-state index contributed by atoms with van der Waals surface area (Å²) in [6.07, 6.45) is 4.17. The van der Waals surface area contributed by atoms with Crippen LogP contribution in [0.1, 0.15) is 20.8 Å². The number of rotatable bonds is 4. The molecule has 8 heteroatoms. The van der Waals surface area contributed by atoms with Crippen molar-refractivity contribution in [1.29, 1.82) is 0 Å². The molecule has 0 radical (unpaired) electrons. The van der Waals surface area contributed by atoms with Crippen molar-refractivity contribution in [3.8, 4) is 5.69 Å². The number of nitrogens with one attached hydrogen (secondary N) is 1. The van der Waals surface area contributed by atoms with Crippen LogP contribution in [0.5, 0.6) is 0 Å². The third-order valence-corrected chi connectivity index (χ3v) is 3.06. The summed E-state index contributed by atoms with van der Waals surface area (Å²) in [5.74, 6) is -1.63. The topological polar surface area (TPSA) is 110 Å². The van der Waals surface area contributed by atoms with Crippen LogP contribution >= 0.6 is 0 Å². The van der Waals surface area contributed by atoms with Crippen LogP contribution in [-0.4, -0.2) is 36.7 Å². The van der Waals surface area contributed by atoms with Crippen molar-refractivity contribution in [1.82, 2.24) is 19.7 Å². The van der Waals surface area contributed by atoms with Crippen molar-refractivity contribution in [3.63, 3.8) is 0 Å². The summed E-state index contributed by atoms with van der Waals surface area (Å²) in [4.78, 5) is 31.0. The van der Waals surface area contributed by atoms with Crippen LogP contribution < -0.4 is 5.32 Å². The molecule has 1 aromatic carbocycles. The monoisotopic (exact) mass is 309 g/mol. The van der Waals surface area contributed by atoms with Crippen LogP contribution in [0, 0.1) is 0 Å². The molecule has 0 fully saturated rings. The van der Waals surface area contributed by atoms with E-state index in [4.69, 9.17) is 5.11 Å². The summed E-state index contributed by atoms with van der Waals surface area (Å²) in [7, 11) is 0.